The fourth-order valence-electron chi connectivity index (χ4n) is 2.08. The second-order valence-corrected chi connectivity index (χ2v) is 5.79. The largest absolute Gasteiger partial charge is 0.484 e. The smallest absolute Gasteiger partial charge is 0.200 e. The molecule has 0 radical (unpaired) electrons. The zero-order valence-corrected chi connectivity index (χ0v) is 12.4. The maximum Gasteiger partial charge on any atom is 0.200 e. The number of carbonyl (C=O) groups is 1. The number of hydrogen-bond donors (Lipinski definition) is 0. The molecule has 0 atom stereocenters. The Hall–Kier alpha value is -1.13. The number of hydrogen-bond acceptors (Lipinski definition) is 2. The predicted molar refractivity (Wildman–Crippen MR) is 77.1 cm³/mol. The van der Waals surface area contributed by atoms with Gasteiger partial charge >= 0.3 is 0 Å². The minimum Gasteiger partial charge on any atom is -0.484 e. The number of benzene rings is 2. The molecular formula is C14H8Br2O2. The van der Waals surface area contributed by atoms with E-state index in [1.54, 1.807) is 0 Å². The van der Waals surface area contributed by atoms with Crippen molar-refractivity contribution in [3.63, 3.8) is 0 Å². The highest BCUT2D eigenvalue weighted by Crippen LogP contribution is 2.42. The summed E-state index contributed by atoms with van der Waals surface area (Å²) >= 11 is 6.94. The van der Waals surface area contributed by atoms with Crippen LogP contribution >= 0.6 is 31.9 Å². The third kappa shape index (κ3) is 1.89. The minimum absolute atomic E-state index is 0.00447. The first-order valence-corrected chi connectivity index (χ1v) is 7.00. The first-order chi connectivity index (χ1) is 8.66. The van der Waals surface area contributed by atoms with Gasteiger partial charge in [-0.05, 0) is 33.6 Å². The van der Waals surface area contributed by atoms with Crippen LogP contribution < -0.4 is 4.74 Å². The van der Waals surface area contributed by atoms with Crippen molar-refractivity contribution in [2.75, 3.05) is 6.61 Å². The van der Waals surface area contributed by atoms with Crippen molar-refractivity contribution in [2.24, 2.45) is 0 Å². The topological polar surface area (TPSA) is 26.3 Å². The summed E-state index contributed by atoms with van der Waals surface area (Å²) in [7, 11) is 0. The van der Waals surface area contributed by atoms with Gasteiger partial charge in [-0.3, -0.25) is 4.79 Å². The Labute approximate surface area is 121 Å². The van der Waals surface area contributed by atoms with Gasteiger partial charge in [-0.2, -0.15) is 0 Å². The van der Waals surface area contributed by atoms with Crippen molar-refractivity contribution in [1.29, 1.82) is 0 Å². The van der Waals surface area contributed by atoms with Gasteiger partial charge in [-0.15, -0.1) is 0 Å². The SMILES string of the molecule is O=C1COc2c(Br)cc(Br)cc2-c2ccccc21. The predicted octanol–water partition coefficient (Wildman–Crippen LogP) is 4.45. The van der Waals surface area contributed by atoms with Crippen molar-refractivity contribution < 1.29 is 9.53 Å². The first-order valence-electron chi connectivity index (χ1n) is 5.41. The molecule has 0 bridgehead atoms. The molecule has 2 aromatic carbocycles. The maximum atomic E-state index is 12.0. The van der Waals surface area contributed by atoms with Crippen LogP contribution in [0.15, 0.2) is 45.3 Å². The van der Waals surface area contributed by atoms with E-state index < -0.39 is 0 Å². The van der Waals surface area contributed by atoms with Gasteiger partial charge in [-0.25, -0.2) is 0 Å². The van der Waals surface area contributed by atoms with Crippen molar-refractivity contribution in [1.82, 2.24) is 0 Å². The van der Waals surface area contributed by atoms with E-state index >= 15 is 0 Å². The van der Waals surface area contributed by atoms with Crippen molar-refractivity contribution in [3.8, 4) is 16.9 Å². The van der Waals surface area contributed by atoms with Gasteiger partial charge in [-0.1, -0.05) is 40.2 Å². The van der Waals surface area contributed by atoms with Gasteiger partial charge < -0.3 is 4.74 Å². The second-order valence-electron chi connectivity index (χ2n) is 4.02. The van der Waals surface area contributed by atoms with Crippen LogP contribution in [0.1, 0.15) is 10.4 Å². The van der Waals surface area contributed by atoms with Crippen LogP contribution in [-0.2, 0) is 0 Å². The highest BCUT2D eigenvalue weighted by Gasteiger charge is 2.22. The molecule has 1 heterocycles. The van der Waals surface area contributed by atoms with Crippen LogP contribution in [0.2, 0.25) is 0 Å². The Balaban J connectivity index is 2.36. The second kappa shape index (κ2) is 4.52. The maximum absolute atomic E-state index is 12.0. The highest BCUT2D eigenvalue weighted by atomic mass is 79.9. The van der Waals surface area contributed by atoms with E-state index in [1.807, 2.05) is 36.4 Å². The fraction of sp³-hybridized carbons (Fsp3) is 0.0714. The van der Waals surface area contributed by atoms with E-state index in [-0.39, 0.29) is 12.4 Å². The number of halogens is 2. The molecule has 0 aliphatic carbocycles. The summed E-state index contributed by atoms with van der Waals surface area (Å²) in [5.41, 5.74) is 2.55. The Morgan fingerprint density at radius 1 is 1.00 bits per heavy atom. The minimum atomic E-state index is 0.00447. The lowest BCUT2D eigenvalue weighted by Crippen LogP contribution is -2.09. The van der Waals surface area contributed by atoms with Crippen LogP contribution in [0.25, 0.3) is 11.1 Å². The zero-order chi connectivity index (χ0) is 12.7. The summed E-state index contributed by atoms with van der Waals surface area (Å²) in [6.45, 7) is 0.0737. The number of fused-ring (bicyclic) bond motifs is 3. The van der Waals surface area contributed by atoms with E-state index in [9.17, 15) is 4.79 Å². The molecule has 0 fully saturated rings. The van der Waals surface area contributed by atoms with Gasteiger partial charge in [0.05, 0.1) is 4.47 Å². The first kappa shape index (κ1) is 11.9. The van der Waals surface area contributed by atoms with Crippen LogP contribution in [0.5, 0.6) is 5.75 Å². The lowest BCUT2D eigenvalue weighted by molar-refractivity contribution is 0.0925. The quantitative estimate of drug-likeness (QED) is 0.687. The summed E-state index contributed by atoms with van der Waals surface area (Å²) in [6.07, 6.45) is 0. The highest BCUT2D eigenvalue weighted by molar-refractivity contribution is 9.11. The molecule has 0 amide bonds. The Morgan fingerprint density at radius 3 is 2.50 bits per heavy atom. The summed E-state index contributed by atoms with van der Waals surface area (Å²) < 4.78 is 7.40. The van der Waals surface area contributed by atoms with Crippen molar-refractivity contribution >= 4 is 37.6 Å². The third-order valence-corrected chi connectivity index (χ3v) is 3.92. The number of ketones is 1. The molecule has 0 N–H and O–H groups in total. The van der Waals surface area contributed by atoms with Gasteiger partial charge in [0.25, 0.3) is 0 Å². The van der Waals surface area contributed by atoms with Gasteiger partial charge in [0.1, 0.15) is 5.75 Å². The van der Waals surface area contributed by atoms with E-state index in [4.69, 9.17) is 4.74 Å². The molecule has 0 aromatic heterocycles. The van der Waals surface area contributed by atoms with Gasteiger partial charge in [0.15, 0.2) is 6.61 Å². The third-order valence-electron chi connectivity index (χ3n) is 2.87. The average molecular weight is 368 g/mol. The fourth-order valence-corrected chi connectivity index (χ4v) is 3.42. The molecule has 90 valence electrons. The normalized spacial score (nSPS) is 13.3. The molecule has 0 spiro atoms. The van der Waals surface area contributed by atoms with E-state index in [0.29, 0.717) is 5.56 Å². The van der Waals surface area contributed by atoms with Crippen molar-refractivity contribution in [3.05, 3.63) is 50.9 Å². The summed E-state index contributed by atoms with van der Waals surface area (Å²) in [6, 6.07) is 11.5. The number of carbonyl (C=O) groups excluding carboxylic acids is 1. The molecule has 18 heavy (non-hydrogen) atoms. The lowest BCUT2D eigenvalue weighted by Gasteiger charge is -2.10. The van der Waals surface area contributed by atoms with Crippen LogP contribution in [0.3, 0.4) is 0 Å². The summed E-state index contributed by atoms with van der Waals surface area (Å²) in [5, 5.41) is 0. The number of ether oxygens (including phenoxy) is 1. The molecule has 3 rings (SSSR count). The van der Waals surface area contributed by atoms with Crippen LogP contribution in [0.4, 0.5) is 0 Å². The Kier molecular flexibility index (Phi) is 2.99. The van der Waals surface area contributed by atoms with Gasteiger partial charge in [0, 0.05) is 15.6 Å². The molecule has 0 saturated carbocycles. The Morgan fingerprint density at radius 2 is 1.72 bits per heavy atom. The monoisotopic (exact) mass is 366 g/mol. The van der Waals surface area contributed by atoms with Crippen LogP contribution in [0, 0.1) is 0 Å². The molecule has 2 aromatic rings. The molecule has 4 heteroatoms. The zero-order valence-electron chi connectivity index (χ0n) is 9.24. The Bertz CT molecular complexity index is 650. The molecule has 1 aliphatic heterocycles. The number of rotatable bonds is 0. The molecule has 0 unspecified atom stereocenters. The molecule has 1 aliphatic rings. The van der Waals surface area contributed by atoms with Crippen molar-refractivity contribution in [2.45, 2.75) is 0 Å². The van der Waals surface area contributed by atoms with E-state index in [1.165, 1.54) is 0 Å². The number of Topliss-reactive ketones (excluding diaryl/α,β-unsaturated/α-hetero) is 1. The summed E-state index contributed by atoms with van der Waals surface area (Å²) in [4.78, 5) is 12.0. The van der Waals surface area contributed by atoms with Gasteiger partial charge in [0.2, 0.25) is 5.78 Å². The summed E-state index contributed by atoms with van der Waals surface area (Å²) in [5.74, 6) is 0.723. The average Bonchev–Trinajstić information content (AvgIpc) is 2.49. The van der Waals surface area contributed by atoms with Crippen LogP contribution in [-0.4, -0.2) is 12.4 Å². The molecule has 2 nitrogen and oxygen atoms in total. The molecular weight excluding hydrogens is 360 g/mol. The van der Waals surface area contributed by atoms with E-state index in [2.05, 4.69) is 31.9 Å². The lowest BCUT2D eigenvalue weighted by atomic mass is 9.98. The van der Waals surface area contributed by atoms with E-state index in [0.717, 1.165) is 25.8 Å². The molecule has 0 saturated heterocycles. The standard InChI is InChI=1S/C14H8Br2O2/c15-8-5-11-9-3-1-2-4-10(9)13(17)7-18-14(11)12(16)6-8/h1-6H,7H2.